The van der Waals surface area contributed by atoms with Gasteiger partial charge in [0.25, 0.3) is 0 Å². The number of carbonyl (C=O) groups excluding carboxylic acids is 1. The van der Waals surface area contributed by atoms with Gasteiger partial charge in [-0.1, -0.05) is 42.5 Å². The van der Waals surface area contributed by atoms with Crippen LogP contribution in [-0.4, -0.2) is 21.7 Å². The van der Waals surface area contributed by atoms with E-state index in [0.29, 0.717) is 6.54 Å². The number of hydrogen-bond acceptors (Lipinski definition) is 3. The van der Waals surface area contributed by atoms with Crippen molar-refractivity contribution in [3.8, 4) is 0 Å². The lowest BCUT2D eigenvalue weighted by atomic mass is 9.96. The van der Waals surface area contributed by atoms with Crippen LogP contribution in [0.3, 0.4) is 0 Å². The second-order valence-corrected chi connectivity index (χ2v) is 7.30. The van der Waals surface area contributed by atoms with Crippen molar-refractivity contribution >= 4 is 29.1 Å². The molecular formula is C21H20N2OS. The van der Waals surface area contributed by atoms with Crippen LogP contribution in [0.5, 0.6) is 0 Å². The smallest absolute Gasteiger partial charge is 0.139 e. The summed E-state index contributed by atoms with van der Waals surface area (Å²) < 4.78 is 4.49. The summed E-state index contributed by atoms with van der Waals surface area (Å²) in [5.74, 6) is 0. The fourth-order valence-corrected chi connectivity index (χ4v) is 4.99. The molecule has 3 nitrogen and oxygen atoms in total. The van der Waals surface area contributed by atoms with Gasteiger partial charge in [-0.15, -0.1) is 6.58 Å². The highest BCUT2D eigenvalue weighted by Gasteiger charge is 2.35. The number of para-hydroxylation sites is 1. The van der Waals surface area contributed by atoms with Crippen LogP contribution in [0, 0.1) is 6.92 Å². The average molecular weight is 348 g/mol. The van der Waals surface area contributed by atoms with Crippen molar-refractivity contribution in [1.82, 2.24) is 8.87 Å². The number of hydrogen-bond donors (Lipinski definition) is 0. The minimum absolute atomic E-state index is 0.164. The van der Waals surface area contributed by atoms with Gasteiger partial charge in [0.1, 0.15) is 6.29 Å². The quantitative estimate of drug-likeness (QED) is 0.378. The zero-order chi connectivity index (χ0) is 17.4. The summed E-state index contributed by atoms with van der Waals surface area (Å²) in [6.07, 6.45) is 2.92. The lowest BCUT2D eigenvalue weighted by Gasteiger charge is -2.23. The monoisotopic (exact) mass is 348 g/mol. The molecule has 3 aromatic rings. The summed E-state index contributed by atoms with van der Waals surface area (Å²) in [5, 5.41) is 1.22. The number of rotatable bonds is 5. The van der Waals surface area contributed by atoms with E-state index in [-0.39, 0.29) is 6.04 Å². The molecule has 0 N–H and O–H groups in total. The van der Waals surface area contributed by atoms with Crippen molar-refractivity contribution in [1.29, 1.82) is 0 Å². The first-order chi connectivity index (χ1) is 12.3. The fourth-order valence-electron chi connectivity index (χ4n) is 3.81. The van der Waals surface area contributed by atoms with Crippen LogP contribution in [0.1, 0.15) is 22.9 Å². The molecule has 0 radical (unpaired) electrons. The minimum atomic E-state index is 0.164. The molecule has 0 aliphatic carbocycles. The molecule has 2 aromatic carbocycles. The molecule has 0 fully saturated rings. The molecular weight excluding hydrogens is 328 g/mol. The maximum Gasteiger partial charge on any atom is 0.139 e. The Morgan fingerprint density at radius 1 is 1.12 bits per heavy atom. The number of fused-ring (bicyclic) bond motifs is 2. The van der Waals surface area contributed by atoms with Crippen LogP contribution < -0.4 is 0 Å². The normalized spacial score (nSPS) is 16.9. The second-order valence-electron chi connectivity index (χ2n) is 6.21. The zero-order valence-corrected chi connectivity index (χ0v) is 15.0. The van der Waals surface area contributed by atoms with Gasteiger partial charge in [-0.3, -0.25) is 0 Å². The van der Waals surface area contributed by atoms with E-state index in [4.69, 9.17) is 0 Å². The van der Waals surface area contributed by atoms with Crippen LogP contribution in [0.4, 0.5) is 0 Å². The maximum atomic E-state index is 11.2. The van der Waals surface area contributed by atoms with E-state index in [1.165, 1.54) is 21.4 Å². The van der Waals surface area contributed by atoms with Crippen LogP contribution >= 0.6 is 11.9 Å². The van der Waals surface area contributed by atoms with Gasteiger partial charge >= 0.3 is 0 Å². The SMILES string of the molecule is C=CCN1Sc2ccccc2C1c1c(C)n(CC=O)c2ccccc12. The van der Waals surface area contributed by atoms with Crippen LogP contribution in [0.15, 0.2) is 66.1 Å². The van der Waals surface area contributed by atoms with Gasteiger partial charge in [0.15, 0.2) is 0 Å². The molecule has 1 atom stereocenters. The predicted octanol–water partition coefficient (Wildman–Crippen LogP) is 4.75. The molecule has 1 aliphatic rings. The number of aldehydes is 1. The number of nitrogens with zero attached hydrogens (tertiary/aromatic N) is 2. The van der Waals surface area contributed by atoms with Crippen molar-refractivity contribution < 1.29 is 4.79 Å². The molecule has 25 heavy (non-hydrogen) atoms. The highest BCUT2D eigenvalue weighted by Crippen LogP contribution is 2.49. The lowest BCUT2D eigenvalue weighted by Crippen LogP contribution is -2.19. The zero-order valence-electron chi connectivity index (χ0n) is 14.2. The topological polar surface area (TPSA) is 25.2 Å². The average Bonchev–Trinajstić information content (AvgIpc) is 3.11. The molecule has 0 saturated carbocycles. The molecule has 126 valence electrons. The second kappa shape index (κ2) is 6.54. The van der Waals surface area contributed by atoms with Crippen LogP contribution in [-0.2, 0) is 11.3 Å². The first-order valence-electron chi connectivity index (χ1n) is 8.42. The van der Waals surface area contributed by atoms with E-state index < -0.39 is 0 Å². The summed E-state index contributed by atoms with van der Waals surface area (Å²) in [6.45, 7) is 7.24. The lowest BCUT2D eigenvalue weighted by molar-refractivity contribution is -0.108. The number of benzene rings is 2. The van der Waals surface area contributed by atoms with E-state index >= 15 is 0 Å². The van der Waals surface area contributed by atoms with Crippen molar-refractivity contribution in [3.63, 3.8) is 0 Å². The summed E-state index contributed by atoms with van der Waals surface area (Å²) in [7, 11) is 0. The molecule has 0 spiro atoms. The Morgan fingerprint density at radius 3 is 2.68 bits per heavy atom. The van der Waals surface area contributed by atoms with E-state index in [1.807, 2.05) is 12.1 Å². The van der Waals surface area contributed by atoms with Crippen LogP contribution in [0.2, 0.25) is 0 Å². The van der Waals surface area contributed by atoms with Gasteiger partial charge in [0.05, 0.1) is 12.6 Å². The largest absolute Gasteiger partial charge is 0.337 e. The van der Waals surface area contributed by atoms with Crippen molar-refractivity contribution in [3.05, 3.63) is 78.0 Å². The summed E-state index contributed by atoms with van der Waals surface area (Å²) >= 11 is 1.79. The Kier molecular flexibility index (Phi) is 4.24. The Hall–Kier alpha value is -2.30. The third kappa shape index (κ3) is 2.53. The van der Waals surface area contributed by atoms with Gasteiger partial charge in [-0.05, 0) is 36.6 Å². The Balaban J connectivity index is 1.98. The van der Waals surface area contributed by atoms with Gasteiger partial charge in [0, 0.05) is 33.6 Å². The summed E-state index contributed by atoms with van der Waals surface area (Å²) in [5.41, 5.74) is 4.89. The van der Waals surface area contributed by atoms with E-state index in [1.54, 1.807) is 11.9 Å². The van der Waals surface area contributed by atoms with E-state index in [0.717, 1.165) is 24.0 Å². The van der Waals surface area contributed by atoms with E-state index in [9.17, 15) is 4.79 Å². The summed E-state index contributed by atoms with van der Waals surface area (Å²) in [6, 6.07) is 17.1. The standard InChI is InChI=1S/C21H20N2OS/c1-3-12-23-21(17-9-5-7-11-19(17)25-23)20-15(2)22(13-14-24)18-10-6-4-8-16(18)20/h3-11,14,21H,1,12-13H2,2H3. The first-order valence-corrected chi connectivity index (χ1v) is 9.19. The predicted molar refractivity (Wildman–Crippen MR) is 104 cm³/mol. The maximum absolute atomic E-state index is 11.2. The molecule has 1 unspecified atom stereocenters. The molecule has 4 rings (SSSR count). The molecule has 4 heteroatoms. The molecule has 2 heterocycles. The van der Waals surface area contributed by atoms with Crippen LogP contribution in [0.25, 0.3) is 10.9 Å². The summed E-state index contributed by atoms with van der Waals surface area (Å²) in [4.78, 5) is 12.5. The first kappa shape index (κ1) is 16.2. The molecule has 1 aliphatic heterocycles. The van der Waals surface area contributed by atoms with Gasteiger partial charge in [-0.2, -0.15) is 0 Å². The van der Waals surface area contributed by atoms with Gasteiger partial charge in [-0.25, -0.2) is 4.31 Å². The van der Waals surface area contributed by atoms with Crippen molar-refractivity contribution in [2.24, 2.45) is 0 Å². The molecule has 0 saturated heterocycles. The van der Waals surface area contributed by atoms with E-state index in [2.05, 4.69) is 64.8 Å². The number of aromatic nitrogens is 1. The minimum Gasteiger partial charge on any atom is -0.337 e. The third-order valence-corrected chi connectivity index (χ3v) is 6.00. The van der Waals surface area contributed by atoms with Crippen molar-refractivity contribution in [2.45, 2.75) is 24.4 Å². The molecule has 0 amide bonds. The third-order valence-electron chi connectivity index (χ3n) is 4.84. The Labute approximate surface area is 152 Å². The molecule has 1 aromatic heterocycles. The number of carbonyl (C=O) groups is 1. The highest BCUT2D eigenvalue weighted by atomic mass is 32.2. The Bertz CT molecular complexity index is 960. The van der Waals surface area contributed by atoms with Gasteiger partial charge in [0.2, 0.25) is 0 Å². The fraction of sp³-hybridized carbons (Fsp3) is 0.190. The molecule has 0 bridgehead atoms. The van der Waals surface area contributed by atoms with Crippen molar-refractivity contribution in [2.75, 3.05) is 6.54 Å². The van der Waals surface area contributed by atoms with Gasteiger partial charge < -0.3 is 9.36 Å². The highest BCUT2D eigenvalue weighted by molar-refractivity contribution is 7.97. The Morgan fingerprint density at radius 2 is 1.88 bits per heavy atom.